The quantitative estimate of drug-likeness (QED) is 0.356. The van der Waals surface area contributed by atoms with E-state index in [1.54, 1.807) is 26.8 Å². The van der Waals surface area contributed by atoms with Crippen LogP contribution in [0.2, 0.25) is 0 Å². The first-order valence-corrected chi connectivity index (χ1v) is 6.05. The fraction of sp³-hybridized carbons (Fsp3) is 0.750. The number of hydrogen-bond acceptors (Lipinski definition) is 4. The molecule has 0 aliphatic heterocycles. The smallest absolute Gasteiger partial charge is 0.407 e. The maximum Gasteiger partial charge on any atom is 0.407 e. The van der Waals surface area contributed by atoms with Crippen LogP contribution < -0.4 is 5.32 Å². The van der Waals surface area contributed by atoms with Crippen LogP contribution in [0.4, 0.5) is 4.79 Å². The molecular formula is C12H24N2O4. The number of alkyl carbamates (subject to hydrolysis) is 1. The third-order valence-electron chi connectivity index (χ3n) is 1.40. The van der Waals surface area contributed by atoms with Crippen LogP contribution >= 0.6 is 0 Å². The number of ether oxygens (including phenoxy) is 1. The first kappa shape index (κ1) is 18.8. The molecule has 1 amide bonds. The minimum atomic E-state index is -0.508. The first-order chi connectivity index (χ1) is 8.31. The fourth-order valence-corrected chi connectivity index (χ4v) is 0.850. The molecule has 1 N–H and O–H groups in total. The second-order valence-electron chi connectivity index (χ2n) is 4.20. The summed E-state index contributed by atoms with van der Waals surface area (Å²) in [5, 5.41) is 12.5. The highest BCUT2D eigenvalue weighted by molar-refractivity contribution is 5.67. The number of carbonyl (C=O) groups excluding carboxylic acids is 1. The van der Waals surface area contributed by atoms with Gasteiger partial charge in [-0.15, -0.1) is 0 Å². The van der Waals surface area contributed by atoms with Crippen LogP contribution in [-0.2, 0) is 4.74 Å². The Morgan fingerprint density at radius 3 is 2.33 bits per heavy atom. The van der Waals surface area contributed by atoms with Crippen LogP contribution in [0.1, 0.15) is 41.0 Å². The van der Waals surface area contributed by atoms with Gasteiger partial charge in [0.25, 0.3) is 0 Å². The molecule has 106 valence electrons. The Morgan fingerprint density at radius 1 is 1.33 bits per heavy atom. The van der Waals surface area contributed by atoms with Crippen LogP contribution in [0.15, 0.2) is 12.2 Å². The molecule has 0 rings (SSSR count). The maximum absolute atomic E-state index is 11.1. The van der Waals surface area contributed by atoms with Gasteiger partial charge < -0.3 is 10.1 Å². The molecule has 0 heterocycles. The van der Waals surface area contributed by atoms with Gasteiger partial charge >= 0.3 is 6.09 Å². The van der Waals surface area contributed by atoms with E-state index in [9.17, 15) is 14.9 Å². The standard InChI is InChI=1S/C10H18N2O4.C2H6/c1-10(2,3)16-9(13)11-7-5-4-6-8-12(14)15;1-2/h4,6H,5,7-8H2,1-3H3,(H,11,13);1-2H3/b6-4-;. The lowest BCUT2D eigenvalue weighted by Crippen LogP contribution is -2.32. The zero-order valence-electron chi connectivity index (χ0n) is 11.9. The van der Waals surface area contributed by atoms with Crippen molar-refractivity contribution in [2.75, 3.05) is 13.1 Å². The van der Waals surface area contributed by atoms with E-state index in [0.29, 0.717) is 13.0 Å². The van der Waals surface area contributed by atoms with Crippen LogP contribution in [0.5, 0.6) is 0 Å². The van der Waals surface area contributed by atoms with Crippen molar-refractivity contribution in [3.8, 4) is 0 Å². The van der Waals surface area contributed by atoms with Crippen LogP contribution in [-0.4, -0.2) is 29.7 Å². The molecule has 0 aliphatic rings. The van der Waals surface area contributed by atoms with Crippen LogP contribution in [0.25, 0.3) is 0 Å². The second kappa shape index (κ2) is 10.6. The average molecular weight is 260 g/mol. The summed E-state index contributed by atoms with van der Waals surface area (Å²) >= 11 is 0. The number of rotatable bonds is 5. The molecule has 0 aromatic heterocycles. The van der Waals surface area contributed by atoms with Gasteiger partial charge in [-0.05, 0) is 33.3 Å². The monoisotopic (exact) mass is 260 g/mol. The van der Waals surface area contributed by atoms with Gasteiger partial charge in [0.05, 0.1) is 0 Å². The third-order valence-corrected chi connectivity index (χ3v) is 1.40. The summed E-state index contributed by atoms with van der Waals surface area (Å²) in [6.07, 6.45) is 3.18. The fourth-order valence-electron chi connectivity index (χ4n) is 0.850. The molecule has 0 saturated carbocycles. The molecule has 0 aromatic carbocycles. The van der Waals surface area contributed by atoms with Crippen molar-refractivity contribution in [1.29, 1.82) is 0 Å². The van der Waals surface area contributed by atoms with E-state index >= 15 is 0 Å². The van der Waals surface area contributed by atoms with Crippen molar-refractivity contribution in [2.24, 2.45) is 0 Å². The minimum Gasteiger partial charge on any atom is -0.444 e. The predicted octanol–water partition coefficient (Wildman–Crippen LogP) is 2.76. The van der Waals surface area contributed by atoms with Crippen molar-refractivity contribution in [3.05, 3.63) is 22.3 Å². The van der Waals surface area contributed by atoms with E-state index in [0.717, 1.165) is 0 Å². The van der Waals surface area contributed by atoms with Gasteiger partial charge in [0.2, 0.25) is 6.54 Å². The molecule has 0 saturated heterocycles. The van der Waals surface area contributed by atoms with Crippen molar-refractivity contribution in [3.63, 3.8) is 0 Å². The topological polar surface area (TPSA) is 81.5 Å². The number of nitrogens with one attached hydrogen (secondary N) is 1. The first-order valence-electron chi connectivity index (χ1n) is 6.05. The van der Waals surface area contributed by atoms with Gasteiger partial charge in [0, 0.05) is 11.5 Å². The number of carbonyl (C=O) groups is 1. The Kier molecular flexibility index (Phi) is 11.0. The van der Waals surface area contributed by atoms with Crippen molar-refractivity contribution in [2.45, 2.75) is 46.6 Å². The molecule has 6 heteroatoms. The van der Waals surface area contributed by atoms with E-state index in [4.69, 9.17) is 4.74 Å². The number of nitro groups is 1. The van der Waals surface area contributed by atoms with Gasteiger partial charge in [-0.3, -0.25) is 10.1 Å². The number of amides is 1. The summed E-state index contributed by atoms with van der Waals surface area (Å²) in [4.78, 5) is 20.7. The van der Waals surface area contributed by atoms with Gasteiger partial charge in [0.1, 0.15) is 5.60 Å². The molecule has 0 aliphatic carbocycles. The highest BCUT2D eigenvalue weighted by Crippen LogP contribution is 2.06. The van der Waals surface area contributed by atoms with Crippen molar-refractivity contribution in [1.82, 2.24) is 5.32 Å². The molecular weight excluding hydrogens is 236 g/mol. The average Bonchev–Trinajstić information content (AvgIpc) is 2.23. The molecule has 0 radical (unpaired) electrons. The lowest BCUT2D eigenvalue weighted by molar-refractivity contribution is -0.468. The van der Waals surface area contributed by atoms with E-state index in [-0.39, 0.29) is 6.54 Å². The van der Waals surface area contributed by atoms with Crippen molar-refractivity contribution >= 4 is 6.09 Å². The van der Waals surface area contributed by atoms with Gasteiger partial charge in [0.15, 0.2) is 0 Å². The molecule has 0 bridgehead atoms. The van der Waals surface area contributed by atoms with Gasteiger partial charge in [-0.1, -0.05) is 19.9 Å². The maximum atomic E-state index is 11.1. The predicted molar refractivity (Wildman–Crippen MR) is 71.2 cm³/mol. The minimum absolute atomic E-state index is 0.188. The van der Waals surface area contributed by atoms with E-state index in [2.05, 4.69) is 5.32 Å². The molecule has 0 unspecified atom stereocenters. The van der Waals surface area contributed by atoms with E-state index in [1.807, 2.05) is 13.8 Å². The summed E-state index contributed by atoms with van der Waals surface area (Å²) in [5.74, 6) is 0. The zero-order valence-corrected chi connectivity index (χ0v) is 11.9. The Bertz CT molecular complexity index is 270. The number of nitrogens with zero attached hydrogens (tertiary/aromatic N) is 1. The Hall–Kier alpha value is -1.59. The Labute approximate surface area is 109 Å². The Balaban J connectivity index is 0. The lowest BCUT2D eigenvalue weighted by atomic mass is 10.2. The molecule has 0 aromatic rings. The molecule has 0 fully saturated rings. The third kappa shape index (κ3) is 16.8. The largest absolute Gasteiger partial charge is 0.444 e. The zero-order chi connectivity index (χ0) is 14.6. The van der Waals surface area contributed by atoms with Gasteiger partial charge in [-0.2, -0.15) is 0 Å². The number of hydrogen-bond donors (Lipinski definition) is 1. The molecule has 0 atom stereocenters. The normalized spacial score (nSPS) is 10.5. The Morgan fingerprint density at radius 2 is 1.89 bits per heavy atom. The van der Waals surface area contributed by atoms with E-state index < -0.39 is 16.6 Å². The highest BCUT2D eigenvalue weighted by Gasteiger charge is 2.14. The highest BCUT2D eigenvalue weighted by atomic mass is 16.6. The second-order valence-corrected chi connectivity index (χ2v) is 4.20. The van der Waals surface area contributed by atoms with Gasteiger partial charge in [-0.25, -0.2) is 4.79 Å². The van der Waals surface area contributed by atoms with E-state index in [1.165, 1.54) is 6.08 Å². The lowest BCUT2D eigenvalue weighted by Gasteiger charge is -2.19. The summed E-state index contributed by atoms with van der Waals surface area (Å²) < 4.78 is 5.00. The SMILES string of the molecule is CC.CC(C)(C)OC(=O)NCC/C=C\C[N+](=O)[O-]. The molecule has 6 nitrogen and oxygen atoms in total. The summed E-state index contributed by atoms with van der Waals surface area (Å²) in [7, 11) is 0. The summed E-state index contributed by atoms with van der Waals surface area (Å²) in [5.41, 5.74) is -0.508. The summed E-state index contributed by atoms with van der Waals surface area (Å²) in [6.45, 7) is 9.56. The van der Waals surface area contributed by atoms with Crippen molar-refractivity contribution < 1.29 is 14.5 Å². The molecule has 0 spiro atoms. The van der Waals surface area contributed by atoms with Crippen LogP contribution in [0.3, 0.4) is 0 Å². The summed E-state index contributed by atoms with van der Waals surface area (Å²) in [6, 6.07) is 0. The molecule has 18 heavy (non-hydrogen) atoms. The van der Waals surface area contributed by atoms with Crippen LogP contribution in [0, 0.1) is 10.1 Å².